The van der Waals surface area contributed by atoms with Gasteiger partial charge in [-0.05, 0) is 31.7 Å². The van der Waals surface area contributed by atoms with Crippen molar-refractivity contribution < 1.29 is 0 Å². The second-order valence-electron chi connectivity index (χ2n) is 5.64. The molecular weight excluding hydrogens is 220 g/mol. The van der Waals surface area contributed by atoms with E-state index in [0.717, 1.165) is 19.0 Å². The van der Waals surface area contributed by atoms with Crippen molar-refractivity contribution in [3.8, 4) is 0 Å². The number of hydrogen-bond acceptors (Lipinski definition) is 2. The van der Waals surface area contributed by atoms with Crippen molar-refractivity contribution >= 4 is 12.4 Å². The Morgan fingerprint density at radius 1 is 1.31 bits per heavy atom. The molecule has 0 heterocycles. The number of halogens is 1. The average molecular weight is 249 g/mol. The maximum Gasteiger partial charge on any atom is 0.0298 e. The van der Waals surface area contributed by atoms with Crippen LogP contribution in [0.4, 0.5) is 0 Å². The van der Waals surface area contributed by atoms with Crippen molar-refractivity contribution in [1.29, 1.82) is 0 Å². The van der Waals surface area contributed by atoms with E-state index >= 15 is 0 Å². The zero-order valence-electron chi connectivity index (χ0n) is 11.1. The highest BCUT2D eigenvalue weighted by Crippen LogP contribution is 2.27. The van der Waals surface area contributed by atoms with Crippen molar-refractivity contribution in [3.63, 3.8) is 0 Å². The molecule has 16 heavy (non-hydrogen) atoms. The van der Waals surface area contributed by atoms with E-state index in [-0.39, 0.29) is 17.9 Å². The predicted octanol–water partition coefficient (Wildman–Crippen LogP) is 2.95. The molecule has 0 saturated heterocycles. The second kappa shape index (κ2) is 7.52. The summed E-state index contributed by atoms with van der Waals surface area (Å²) in [4.78, 5) is 0. The predicted molar refractivity (Wildman–Crippen MR) is 74.1 cm³/mol. The zero-order chi connectivity index (χ0) is 11.3. The van der Waals surface area contributed by atoms with Crippen LogP contribution in [0.25, 0.3) is 0 Å². The third-order valence-corrected chi connectivity index (χ3v) is 4.25. The van der Waals surface area contributed by atoms with E-state index in [1.807, 2.05) is 0 Å². The first-order valence-electron chi connectivity index (χ1n) is 6.53. The maximum absolute atomic E-state index is 5.84. The van der Waals surface area contributed by atoms with Crippen molar-refractivity contribution in [3.05, 3.63) is 0 Å². The highest BCUT2D eigenvalue weighted by atomic mass is 35.5. The molecule has 1 rings (SSSR count). The Bertz CT molecular complexity index is 179. The first-order chi connectivity index (χ1) is 7.08. The number of nitrogens with two attached hydrogens (primary N) is 1. The van der Waals surface area contributed by atoms with Gasteiger partial charge in [-0.2, -0.15) is 0 Å². The van der Waals surface area contributed by atoms with Gasteiger partial charge in [0.15, 0.2) is 0 Å². The summed E-state index contributed by atoms with van der Waals surface area (Å²) in [5.41, 5.74) is 5.96. The first-order valence-corrected chi connectivity index (χ1v) is 6.53. The van der Waals surface area contributed by atoms with Gasteiger partial charge in [0, 0.05) is 12.1 Å². The van der Waals surface area contributed by atoms with Crippen LogP contribution in [-0.2, 0) is 0 Å². The highest BCUT2D eigenvalue weighted by Gasteiger charge is 2.26. The lowest BCUT2D eigenvalue weighted by molar-refractivity contribution is 0.261. The standard InChI is InChI=1S/C13H28N2.ClH/c1-11(2)13(3,10-14)15-9-8-12-6-4-5-7-12;/h11-12,15H,4-10,14H2,1-3H3;1H. The Hall–Kier alpha value is 0.210. The van der Waals surface area contributed by atoms with Gasteiger partial charge in [0.05, 0.1) is 0 Å². The molecule has 1 unspecified atom stereocenters. The maximum atomic E-state index is 5.84. The van der Waals surface area contributed by atoms with Crippen LogP contribution in [-0.4, -0.2) is 18.6 Å². The molecule has 1 aliphatic rings. The third-order valence-electron chi connectivity index (χ3n) is 4.25. The summed E-state index contributed by atoms with van der Waals surface area (Å²) in [6.45, 7) is 8.60. The van der Waals surface area contributed by atoms with E-state index in [4.69, 9.17) is 5.73 Å². The molecule has 1 aliphatic carbocycles. The van der Waals surface area contributed by atoms with E-state index < -0.39 is 0 Å². The lowest BCUT2D eigenvalue weighted by atomic mass is 9.88. The third kappa shape index (κ3) is 4.60. The van der Waals surface area contributed by atoms with Gasteiger partial charge in [0.2, 0.25) is 0 Å². The monoisotopic (exact) mass is 248 g/mol. The first kappa shape index (κ1) is 16.2. The van der Waals surface area contributed by atoms with Gasteiger partial charge in [-0.15, -0.1) is 12.4 Å². The molecule has 1 saturated carbocycles. The second-order valence-corrected chi connectivity index (χ2v) is 5.64. The largest absolute Gasteiger partial charge is 0.329 e. The molecule has 0 aromatic rings. The SMILES string of the molecule is CC(C)C(C)(CN)NCCC1CCCC1.Cl. The van der Waals surface area contributed by atoms with Gasteiger partial charge in [-0.3, -0.25) is 0 Å². The van der Waals surface area contributed by atoms with Crippen LogP contribution in [0.15, 0.2) is 0 Å². The molecule has 0 spiro atoms. The van der Waals surface area contributed by atoms with Crippen LogP contribution in [0, 0.1) is 11.8 Å². The summed E-state index contributed by atoms with van der Waals surface area (Å²) in [7, 11) is 0. The molecule has 98 valence electrons. The molecule has 0 radical (unpaired) electrons. The van der Waals surface area contributed by atoms with Crippen LogP contribution in [0.5, 0.6) is 0 Å². The van der Waals surface area contributed by atoms with Gasteiger partial charge < -0.3 is 11.1 Å². The fourth-order valence-corrected chi connectivity index (χ4v) is 2.37. The summed E-state index contributed by atoms with van der Waals surface area (Å²) in [5.74, 6) is 1.58. The molecule has 0 aliphatic heterocycles. The van der Waals surface area contributed by atoms with E-state index in [1.54, 1.807) is 0 Å². The molecule has 2 nitrogen and oxygen atoms in total. The highest BCUT2D eigenvalue weighted by molar-refractivity contribution is 5.85. The minimum absolute atomic E-state index is 0. The van der Waals surface area contributed by atoms with Crippen LogP contribution in [0.1, 0.15) is 52.9 Å². The van der Waals surface area contributed by atoms with Crippen molar-refractivity contribution in [2.45, 2.75) is 58.4 Å². The molecular formula is C13H29ClN2. The van der Waals surface area contributed by atoms with Gasteiger partial charge in [-0.1, -0.05) is 39.5 Å². The number of rotatable bonds is 6. The lowest BCUT2D eigenvalue weighted by Crippen LogP contribution is -2.53. The Labute approximate surface area is 107 Å². The lowest BCUT2D eigenvalue weighted by Gasteiger charge is -2.34. The smallest absolute Gasteiger partial charge is 0.0298 e. The van der Waals surface area contributed by atoms with Gasteiger partial charge in [0.1, 0.15) is 0 Å². The molecule has 3 heteroatoms. The Morgan fingerprint density at radius 2 is 1.88 bits per heavy atom. The van der Waals surface area contributed by atoms with Crippen molar-refractivity contribution in [1.82, 2.24) is 5.32 Å². The van der Waals surface area contributed by atoms with Crippen molar-refractivity contribution in [2.75, 3.05) is 13.1 Å². The Kier molecular flexibility index (Phi) is 7.62. The molecule has 1 atom stereocenters. The average Bonchev–Trinajstić information content (AvgIpc) is 2.70. The molecule has 1 fully saturated rings. The van der Waals surface area contributed by atoms with Gasteiger partial charge >= 0.3 is 0 Å². The van der Waals surface area contributed by atoms with Crippen LogP contribution < -0.4 is 11.1 Å². The number of hydrogen-bond donors (Lipinski definition) is 2. The summed E-state index contributed by atoms with van der Waals surface area (Å²) in [6, 6.07) is 0. The quantitative estimate of drug-likeness (QED) is 0.759. The normalized spacial score (nSPS) is 20.8. The Morgan fingerprint density at radius 3 is 2.31 bits per heavy atom. The van der Waals surface area contributed by atoms with Crippen LogP contribution in [0.2, 0.25) is 0 Å². The van der Waals surface area contributed by atoms with Crippen LogP contribution in [0.3, 0.4) is 0 Å². The fourth-order valence-electron chi connectivity index (χ4n) is 2.37. The molecule has 0 bridgehead atoms. The van der Waals surface area contributed by atoms with Gasteiger partial charge in [-0.25, -0.2) is 0 Å². The summed E-state index contributed by atoms with van der Waals surface area (Å²) in [6.07, 6.45) is 7.12. The topological polar surface area (TPSA) is 38.0 Å². The number of nitrogens with one attached hydrogen (secondary N) is 1. The molecule has 0 amide bonds. The summed E-state index contributed by atoms with van der Waals surface area (Å²) < 4.78 is 0. The fraction of sp³-hybridized carbons (Fsp3) is 1.00. The zero-order valence-corrected chi connectivity index (χ0v) is 11.9. The van der Waals surface area contributed by atoms with E-state index in [2.05, 4.69) is 26.1 Å². The molecule has 3 N–H and O–H groups in total. The van der Waals surface area contributed by atoms with Crippen molar-refractivity contribution in [2.24, 2.45) is 17.6 Å². The van der Waals surface area contributed by atoms with E-state index in [0.29, 0.717) is 5.92 Å². The van der Waals surface area contributed by atoms with E-state index in [1.165, 1.54) is 32.1 Å². The van der Waals surface area contributed by atoms with Gasteiger partial charge in [0.25, 0.3) is 0 Å². The minimum Gasteiger partial charge on any atom is -0.329 e. The summed E-state index contributed by atoms with van der Waals surface area (Å²) in [5, 5.41) is 3.65. The Balaban J connectivity index is 0.00000225. The van der Waals surface area contributed by atoms with E-state index in [9.17, 15) is 0 Å². The molecule has 0 aromatic heterocycles. The minimum atomic E-state index is 0. The summed E-state index contributed by atoms with van der Waals surface area (Å²) >= 11 is 0. The molecule has 0 aromatic carbocycles. The van der Waals surface area contributed by atoms with Crippen LogP contribution >= 0.6 is 12.4 Å².